The van der Waals surface area contributed by atoms with Crippen LogP contribution in [0.5, 0.6) is 0 Å². The van der Waals surface area contributed by atoms with Crippen molar-refractivity contribution in [3.05, 3.63) is 10.4 Å². The molecule has 0 bridgehead atoms. The normalized spacial score (nSPS) is 17.7. The van der Waals surface area contributed by atoms with Gasteiger partial charge in [-0.1, -0.05) is 33.1 Å². The van der Waals surface area contributed by atoms with Crippen LogP contribution >= 0.6 is 21.6 Å². The average Bonchev–Trinajstić information content (AvgIpc) is 2.96. The largest absolute Gasteiger partial charge is 0.379 e. The van der Waals surface area contributed by atoms with Gasteiger partial charge in [-0.3, -0.25) is 4.79 Å². The zero-order valence-electron chi connectivity index (χ0n) is 11.6. The molecule has 1 rings (SSSR count). The monoisotopic (exact) mass is 318 g/mol. The topological polar surface area (TPSA) is 87.1 Å². The number of unbranched alkanes of at least 4 members (excludes halogenated alkanes) is 1. The summed E-state index contributed by atoms with van der Waals surface area (Å²) in [5.74, 6) is 1.37. The van der Waals surface area contributed by atoms with Gasteiger partial charge in [0.15, 0.2) is 0 Å². The summed E-state index contributed by atoms with van der Waals surface area (Å²) < 4.78 is 5.19. The van der Waals surface area contributed by atoms with Crippen LogP contribution in [0.4, 0.5) is 0 Å². The van der Waals surface area contributed by atoms with Crippen LogP contribution < -0.4 is 5.32 Å². The quantitative estimate of drug-likeness (QED) is 0.208. The first-order chi connectivity index (χ1) is 9.83. The third kappa shape index (κ3) is 9.36. The molecular formula is C12H22N4O2S2. The van der Waals surface area contributed by atoms with Crippen molar-refractivity contribution in [3.63, 3.8) is 0 Å². The summed E-state index contributed by atoms with van der Waals surface area (Å²) in [4.78, 5) is 14.2. The van der Waals surface area contributed by atoms with Crippen LogP contribution in [0.3, 0.4) is 0 Å². The molecule has 6 nitrogen and oxygen atoms in total. The molecule has 0 aromatic rings. The van der Waals surface area contributed by atoms with Crippen molar-refractivity contribution in [3.8, 4) is 0 Å². The Hall–Kier alpha value is -0.560. The molecule has 0 saturated carbocycles. The van der Waals surface area contributed by atoms with Gasteiger partial charge in [-0.25, -0.2) is 0 Å². The van der Waals surface area contributed by atoms with E-state index >= 15 is 0 Å². The second-order valence-corrected chi connectivity index (χ2v) is 7.28. The predicted molar refractivity (Wildman–Crippen MR) is 84.8 cm³/mol. The lowest BCUT2D eigenvalue weighted by molar-refractivity contribution is -0.121. The minimum absolute atomic E-state index is 0.0945. The van der Waals surface area contributed by atoms with Crippen LogP contribution in [-0.2, 0) is 9.53 Å². The number of rotatable bonds is 11. The Labute approximate surface area is 127 Å². The van der Waals surface area contributed by atoms with E-state index in [0.29, 0.717) is 32.7 Å². The molecule has 0 spiro atoms. The van der Waals surface area contributed by atoms with Crippen LogP contribution in [-0.4, -0.2) is 43.2 Å². The fourth-order valence-corrected chi connectivity index (χ4v) is 4.85. The highest BCUT2D eigenvalue weighted by Crippen LogP contribution is 2.39. The Morgan fingerprint density at radius 3 is 3.10 bits per heavy atom. The fraction of sp³-hybridized carbons (Fsp3) is 0.917. The maximum atomic E-state index is 11.5. The van der Waals surface area contributed by atoms with E-state index in [-0.39, 0.29) is 5.91 Å². The number of hydrogen-bond acceptors (Lipinski definition) is 5. The molecule has 114 valence electrons. The number of hydrogen-bond donors (Lipinski definition) is 1. The van der Waals surface area contributed by atoms with Crippen molar-refractivity contribution in [1.82, 2.24) is 5.32 Å². The predicted octanol–water partition coefficient (Wildman–Crippen LogP) is 3.14. The van der Waals surface area contributed by atoms with E-state index in [1.165, 1.54) is 18.6 Å². The SMILES string of the molecule is [N-]=[N+]=NCCOCCNC(=O)CCCC[C@H]1CCSS1. The van der Waals surface area contributed by atoms with E-state index < -0.39 is 0 Å². The first kappa shape index (κ1) is 17.5. The van der Waals surface area contributed by atoms with E-state index in [0.717, 1.165) is 18.1 Å². The Morgan fingerprint density at radius 2 is 2.35 bits per heavy atom. The Kier molecular flexibility index (Phi) is 10.7. The van der Waals surface area contributed by atoms with E-state index in [2.05, 4.69) is 15.3 Å². The summed E-state index contributed by atoms with van der Waals surface area (Å²) in [5.41, 5.74) is 8.06. The van der Waals surface area contributed by atoms with Crippen molar-refractivity contribution >= 4 is 27.5 Å². The molecule has 0 aromatic carbocycles. The molecule has 1 amide bonds. The molecule has 1 aliphatic heterocycles. The standard InChI is InChI=1S/C12H22N4O2S2/c13-16-15-7-9-18-8-6-14-12(17)4-2-1-3-11-5-10-19-20-11/h11H,1-10H2,(H,14,17)/t11-/m0/s1. The average molecular weight is 318 g/mol. The number of amides is 1. The molecular weight excluding hydrogens is 296 g/mol. The number of carbonyl (C=O) groups is 1. The Morgan fingerprint density at radius 1 is 1.45 bits per heavy atom. The van der Waals surface area contributed by atoms with Crippen LogP contribution in [0.25, 0.3) is 10.4 Å². The zero-order chi connectivity index (χ0) is 14.5. The molecule has 0 aliphatic carbocycles. The van der Waals surface area contributed by atoms with E-state index in [9.17, 15) is 4.79 Å². The molecule has 1 fully saturated rings. The second-order valence-electron chi connectivity index (χ2n) is 4.49. The molecule has 0 radical (unpaired) electrons. The lowest BCUT2D eigenvalue weighted by Gasteiger charge is -2.07. The van der Waals surface area contributed by atoms with Crippen LogP contribution in [0, 0.1) is 0 Å². The van der Waals surface area contributed by atoms with Gasteiger partial charge in [0.1, 0.15) is 0 Å². The van der Waals surface area contributed by atoms with E-state index in [1.54, 1.807) is 0 Å². The minimum Gasteiger partial charge on any atom is -0.379 e. The molecule has 0 unspecified atom stereocenters. The molecule has 0 aromatic heterocycles. The van der Waals surface area contributed by atoms with Gasteiger partial charge in [0.25, 0.3) is 0 Å². The van der Waals surface area contributed by atoms with Crippen molar-refractivity contribution in [2.75, 3.05) is 32.1 Å². The molecule has 1 atom stereocenters. The molecule has 1 saturated heterocycles. The van der Waals surface area contributed by atoms with Crippen LogP contribution in [0.1, 0.15) is 32.1 Å². The maximum Gasteiger partial charge on any atom is 0.220 e. The first-order valence-electron chi connectivity index (χ1n) is 6.96. The highest BCUT2D eigenvalue weighted by atomic mass is 33.1. The summed E-state index contributed by atoms with van der Waals surface area (Å²) in [6.07, 6.45) is 5.24. The number of azide groups is 1. The Bertz CT molecular complexity index is 319. The van der Waals surface area contributed by atoms with Gasteiger partial charge in [-0.2, -0.15) is 0 Å². The van der Waals surface area contributed by atoms with Crippen molar-refractivity contribution in [1.29, 1.82) is 0 Å². The Balaban J connectivity index is 1.83. The first-order valence-corrected chi connectivity index (χ1v) is 9.34. The van der Waals surface area contributed by atoms with Gasteiger partial charge >= 0.3 is 0 Å². The highest BCUT2D eigenvalue weighted by molar-refractivity contribution is 8.77. The van der Waals surface area contributed by atoms with Crippen molar-refractivity contribution in [2.24, 2.45) is 5.11 Å². The fourth-order valence-electron chi connectivity index (χ4n) is 1.83. The van der Waals surface area contributed by atoms with Gasteiger partial charge in [-0.15, -0.1) is 0 Å². The number of nitrogens with zero attached hydrogens (tertiary/aromatic N) is 3. The lowest BCUT2D eigenvalue weighted by Crippen LogP contribution is -2.27. The number of ether oxygens (including phenoxy) is 1. The summed E-state index contributed by atoms with van der Waals surface area (Å²) in [6, 6.07) is 0. The van der Waals surface area contributed by atoms with Gasteiger partial charge in [0.2, 0.25) is 5.91 Å². The van der Waals surface area contributed by atoms with Crippen LogP contribution in [0.15, 0.2) is 5.11 Å². The van der Waals surface area contributed by atoms with Crippen molar-refractivity contribution < 1.29 is 9.53 Å². The third-order valence-electron chi connectivity index (χ3n) is 2.87. The van der Waals surface area contributed by atoms with Gasteiger partial charge in [0, 0.05) is 35.4 Å². The summed E-state index contributed by atoms with van der Waals surface area (Å²) >= 11 is 0. The number of nitrogens with one attached hydrogen (secondary N) is 1. The summed E-state index contributed by atoms with van der Waals surface area (Å²) in [7, 11) is 3.96. The smallest absolute Gasteiger partial charge is 0.220 e. The lowest BCUT2D eigenvalue weighted by atomic mass is 10.1. The molecule has 1 N–H and O–H groups in total. The molecule has 20 heavy (non-hydrogen) atoms. The van der Waals surface area contributed by atoms with Crippen molar-refractivity contribution in [2.45, 2.75) is 37.4 Å². The molecule has 8 heteroatoms. The van der Waals surface area contributed by atoms with Crippen LogP contribution in [0.2, 0.25) is 0 Å². The summed E-state index contributed by atoms with van der Waals surface area (Å²) in [5, 5.41) is 6.98. The van der Waals surface area contributed by atoms with E-state index in [1.807, 2.05) is 21.6 Å². The number of carbonyl (C=O) groups excluding carboxylic acids is 1. The molecule has 1 aliphatic rings. The minimum atomic E-state index is 0.0945. The summed E-state index contributed by atoms with van der Waals surface area (Å²) in [6.45, 7) is 1.71. The zero-order valence-corrected chi connectivity index (χ0v) is 13.3. The highest BCUT2D eigenvalue weighted by Gasteiger charge is 2.15. The third-order valence-corrected chi connectivity index (χ3v) is 5.88. The van der Waals surface area contributed by atoms with E-state index in [4.69, 9.17) is 10.3 Å². The van der Waals surface area contributed by atoms with Gasteiger partial charge in [-0.05, 0) is 24.8 Å². The second kappa shape index (κ2) is 12.2. The molecule has 1 heterocycles. The van der Waals surface area contributed by atoms with Gasteiger partial charge in [0.05, 0.1) is 13.2 Å². The van der Waals surface area contributed by atoms with Gasteiger partial charge < -0.3 is 10.1 Å². The maximum absolute atomic E-state index is 11.5.